The molecule has 3 amide bonds. The van der Waals surface area contributed by atoms with Crippen molar-refractivity contribution in [2.75, 3.05) is 6.54 Å². The number of carbonyl (C=O) groups is 2. The first kappa shape index (κ1) is 17.3. The number of amides is 3. The number of nitrogens with zero attached hydrogens (tertiary/aromatic N) is 1. The molecular weight excluding hydrogens is 375 g/mol. The van der Waals surface area contributed by atoms with E-state index in [1.54, 1.807) is 18.2 Å². The van der Waals surface area contributed by atoms with Crippen LogP contribution < -0.4 is 16.0 Å². The van der Waals surface area contributed by atoms with E-state index in [0.717, 1.165) is 0 Å². The van der Waals surface area contributed by atoms with Crippen LogP contribution in [0.2, 0.25) is 5.02 Å². The van der Waals surface area contributed by atoms with Crippen LogP contribution in [0.1, 0.15) is 17.5 Å². The minimum absolute atomic E-state index is 0.0845. The summed E-state index contributed by atoms with van der Waals surface area (Å²) in [4.78, 5) is 28.3. The molecular formula is C18H14ClFN4O3. The number of urea groups is 1. The predicted molar refractivity (Wildman–Crippen MR) is 95.7 cm³/mol. The average molecular weight is 389 g/mol. The number of halogens is 2. The van der Waals surface area contributed by atoms with Crippen LogP contribution in [0, 0.1) is 5.82 Å². The predicted octanol–water partition coefficient (Wildman–Crippen LogP) is 2.51. The monoisotopic (exact) mass is 388 g/mol. The highest BCUT2D eigenvalue weighted by Crippen LogP contribution is 2.28. The van der Waals surface area contributed by atoms with Crippen molar-refractivity contribution in [3.8, 4) is 0 Å². The van der Waals surface area contributed by atoms with Gasteiger partial charge in [0.25, 0.3) is 0 Å². The van der Waals surface area contributed by atoms with Gasteiger partial charge in [-0.1, -0.05) is 29.8 Å². The molecule has 1 saturated heterocycles. The Bertz CT molecular complexity index is 1010. The van der Waals surface area contributed by atoms with Crippen molar-refractivity contribution in [3.63, 3.8) is 0 Å². The summed E-state index contributed by atoms with van der Waals surface area (Å²) in [5.41, 5.74) is 1.67. The summed E-state index contributed by atoms with van der Waals surface area (Å²) >= 11 is 5.90. The van der Waals surface area contributed by atoms with Gasteiger partial charge in [-0.25, -0.2) is 14.2 Å². The number of hydrogen-bond donors (Lipinski definition) is 3. The number of carbonyl (C=O) groups excluding carboxylic acids is 2. The number of aromatic nitrogens is 1. The van der Waals surface area contributed by atoms with Crippen molar-refractivity contribution in [1.29, 1.82) is 0 Å². The van der Waals surface area contributed by atoms with Gasteiger partial charge in [0.1, 0.15) is 23.4 Å². The standard InChI is InChI=1S/C18H14ClFN4O3/c19-10-7-9(5-6-11(10)20)15(24-16(25)13-8-21-18(26)23-13)17-22-12-3-1-2-4-14(12)27-17/h1-7,13,15H,8H2,(H,24,25)(H2,21,23,26)/t13?,15-/m0/s1. The van der Waals surface area contributed by atoms with Gasteiger partial charge in [0, 0.05) is 6.54 Å². The largest absolute Gasteiger partial charge is 0.438 e. The van der Waals surface area contributed by atoms with Crippen molar-refractivity contribution < 1.29 is 18.4 Å². The molecule has 0 aliphatic carbocycles. The molecule has 1 fully saturated rings. The molecule has 4 rings (SSSR count). The van der Waals surface area contributed by atoms with Gasteiger partial charge >= 0.3 is 6.03 Å². The van der Waals surface area contributed by atoms with Crippen molar-refractivity contribution in [2.24, 2.45) is 0 Å². The molecule has 0 radical (unpaired) electrons. The topological polar surface area (TPSA) is 96.3 Å². The molecule has 1 aliphatic rings. The summed E-state index contributed by atoms with van der Waals surface area (Å²) in [6.07, 6.45) is 0. The molecule has 138 valence electrons. The molecule has 0 saturated carbocycles. The normalized spacial score (nSPS) is 17.4. The zero-order valence-electron chi connectivity index (χ0n) is 13.8. The van der Waals surface area contributed by atoms with Crippen LogP contribution in [0.4, 0.5) is 9.18 Å². The van der Waals surface area contributed by atoms with Crippen LogP contribution in [0.25, 0.3) is 11.1 Å². The second-order valence-corrected chi connectivity index (χ2v) is 6.45. The van der Waals surface area contributed by atoms with Gasteiger partial charge in [-0.2, -0.15) is 0 Å². The van der Waals surface area contributed by atoms with Gasteiger partial charge in [-0.05, 0) is 29.8 Å². The fourth-order valence-corrected chi connectivity index (χ4v) is 3.04. The molecule has 0 bridgehead atoms. The first-order valence-electron chi connectivity index (χ1n) is 8.16. The second-order valence-electron chi connectivity index (χ2n) is 6.04. The van der Waals surface area contributed by atoms with Crippen LogP contribution in [0.15, 0.2) is 46.9 Å². The number of para-hydroxylation sites is 2. The smallest absolute Gasteiger partial charge is 0.315 e. The number of hydrogen-bond acceptors (Lipinski definition) is 4. The van der Waals surface area contributed by atoms with Gasteiger partial charge in [-0.3, -0.25) is 4.79 Å². The average Bonchev–Trinajstić information content (AvgIpc) is 3.28. The highest BCUT2D eigenvalue weighted by atomic mass is 35.5. The Morgan fingerprint density at radius 1 is 1.33 bits per heavy atom. The fraction of sp³-hybridized carbons (Fsp3) is 0.167. The number of rotatable bonds is 4. The van der Waals surface area contributed by atoms with Gasteiger partial charge in [0.15, 0.2) is 5.58 Å². The van der Waals surface area contributed by atoms with Crippen LogP contribution >= 0.6 is 11.6 Å². The summed E-state index contributed by atoms with van der Waals surface area (Å²) < 4.78 is 19.3. The minimum Gasteiger partial charge on any atom is -0.438 e. The molecule has 2 atom stereocenters. The Morgan fingerprint density at radius 3 is 2.85 bits per heavy atom. The maximum absolute atomic E-state index is 13.6. The SMILES string of the molecule is O=C1NCC(C(=O)N[C@@H](c2ccc(F)c(Cl)c2)c2nc3ccccc3o2)N1. The zero-order chi connectivity index (χ0) is 19.0. The molecule has 3 N–H and O–H groups in total. The number of benzene rings is 2. The fourth-order valence-electron chi connectivity index (χ4n) is 2.85. The number of fused-ring (bicyclic) bond motifs is 1. The summed E-state index contributed by atoms with van der Waals surface area (Å²) in [6.45, 7) is 0.162. The van der Waals surface area contributed by atoms with Crippen LogP contribution in [0.5, 0.6) is 0 Å². The van der Waals surface area contributed by atoms with E-state index in [1.807, 2.05) is 6.07 Å². The lowest BCUT2D eigenvalue weighted by Gasteiger charge is -2.18. The first-order chi connectivity index (χ1) is 13.0. The Balaban J connectivity index is 1.71. The van der Waals surface area contributed by atoms with E-state index in [2.05, 4.69) is 20.9 Å². The molecule has 0 spiro atoms. The summed E-state index contributed by atoms with van der Waals surface area (Å²) in [6, 6.07) is 9.30. The van der Waals surface area contributed by atoms with Crippen LogP contribution in [-0.4, -0.2) is 29.5 Å². The molecule has 2 aromatic carbocycles. The molecule has 9 heteroatoms. The van der Waals surface area contributed by atoms with E-state index in [0.29, 0.717) is 16.7 Å². The first-order valence-corrected chi connectivity index (χ1v) is 8.54. The van der Waals surface area contributed by atoms with E-state index in [-0.39, 0.29) is 17.5 Å². The third kappa shape index (κ3) is 3.43. The molecule has 1 unspecified atom stereocenters. The molecule has 3 aromatic rings. The number of oxazole rings is 1. The van der Waals surface area contributed by atoms with E-state index in [9.17, 15) is 14.0 Å². The van der Waals surface area contributed by atoms with Crippen LogP contribution in [0.3, 0.4) is 0 Å². The van der Waals surface area contributed by atoms with E-state index >= 15 is 0 Å². The summed E-state index contributed by atoms with van der Waals surface area (Å²) in [5, 5.41) is 7.73. The molecule has 2 heterocycles. The summed E-state index contributed by atoms with van der Waals surface area (Å²) in [7, 11) is 0. The molecule has 1 aliphatic heterocycles. The van der Waals surface area contributed by atoms with Gasteiger partial charge < -0.3 is 20.4 Å². The van der Waals surface area contributed by atoms with Crippen molar-refractivity contribution in [1.82, 2.24) is 20.9 Å². The van der Waals surface area contributed by atoms with Crippen molar-refractivity contribution in [3.05, 3.63) is 64.8 Å². The van der Waals surface area contributed by atoms with Crippen molar-refractivity contribution >= 4 is 34.6 Å². The zero-order valence-corrected chi connectivity index (χ0v) is 14.6. The second kappa shape index (κ2) is 6.88. The Kier molecular flexibility index (Phi) is 4.41. The molecule has 7 nitrogen and oxygen atoms in total. The molecule has 27 heavy (non-hydrogen) atoms. The van der Waals surface area contributed by atoms with Gasteiger partial charge in [0.05, 0.1) is 5.02 Å². The number of nitrogens with one attached hydrogen (secondary N) is 3. The van der Waals surface area contributed by atoms with E-state index in [4.69, 9.17) is 16.0 Å². The Labute approximate surface area is 157 Å². The minimum atomic E-state index is -0.805. The van der Waals surface area contributed by atoms with Crippen LogP contribution in [-0.2, 0) is 4.79 Å². The third-order valence-corrected chi connectivity index (χ3v) is 4.50. The lowest BCUT2D eigenvalue weighted by molar-refractivity contribution is -0.123. The van der Waals surface area contributed by atoms with E-state index < -0.39 is 29.8 Å². The van der Waals surface area contributed by atoms with E-state index in [1.165, 1.54) is 18.2 Å². The van der Waals surface area contributed by atoms with Crippen molar-refractivity contribution in [2.45, 2.75) is 12.1 Å². The maximum Gasteiger partial charge on any atom is 0.315 e. The van der Waals surface area contributed by atoms with Gasteiger partial charge in [-0.15, -0.1) is 0 Å². The highest BCUT2D eigenvalue weighted by Gasteiger charge is 2.31. The third-order valence-electron chi connectivity index (χ3n) is 4.21. The lowest BCUT2D eigenvalue weighted by Crippen LogP contribution is -2.44. The molecule has 1 aromatic heterocycles. The maximum atomic E-state index is 13.6. The quantitative estimate of drug-likeness (QED) is 0.639. The lowest BCUT2D eigenvalue weighted by atomic mass is 10.1. The highest BCUT2D eigenvalue weighted by molar-refractivity contribution is 6.30. The van der Waals surface area contributed by atoms with Gasteiger partial charge in [0.2, 0.25) is 11.8 Å². The Hall–Kier alpha value is -3.13. The Morgan fingerprint density at radius 2 is 2.15 bits per heavy atom. The summed E-state index contributed by atoms with van der Waals surface area (Å²) in [5.74, 6) is -0.777.